The number of anilines is 2. The molecule has 0 radical (unpaired) electrons. The van der Waals surface area contributed by atoms with Gasteiger partial charge in [0, 0.05) is 19.0 Å². The second kappa shape index (κ2) is 11.0. The number of benzene rings is 2. The molecule has 0 fully saturated rings. The van der Waals surface area contributed by atoms with Crippen molar-refractivity contribution in [3.63, 3.8) is 0 Å². The minimum atomic E-state index is -0.600. The van der Waals surface area contributed by atoms with Gasteiger partial charge in [-0.15, -0.1) is 0 Å². The third kappa shape index (κ3) is 8.74. The number of hydrogen-bond donors (Lipinski definition) is 3. The van der Waals surface area contributed by atoms with Gasteiger partial charge in [0.15, 0.2) is 0 Å². The van der Waals surface area contributed by atoms with Gasteiger partial charge in [0.1, 0.15) is 5.60 Å². The van der Waals surface area contributed by atoms with E-state index in [4.69, 9.17) is 4.74 Å². The van der Waals surface area contributed by atoms with Gasteiger partial charge in [-0.3, -0.25) is 9.59 Å². The number of rotatable bonds is 7. The topological polar surface area (TPSA) is 96.5 Å². The summed E-state index contributed by atoms with van der Waals surface area (Å²) >= 11 is 0. The molecule has 0 atom stereocenters. The van der Waals surface area contributed by atoms with Crippen LogP contribution in [-0.2, 0) is 14.3 Å². The zero-order valence-electron chi connectivity index (χ0n) is 18.3. The highest BCUT2D eigenvalue weighted by Gasteiger charge is 2.16. The minimum Gasteiger partial charge on any atom is -0.444 e. The Morgan fingerprint density at radius 2 is 1.55 bits per heavy atom. The number of carbonyl (C=O) groups excluding carboxylic acids is 3. The van der Waals surface area contributed by atoms with Gasteiger partial charge < -0.3 is 20.7 Å². The summed E-state index contributed by atoms with van der Waals surface area (Å²) in [7, 11) is 0. The third-order valence-corrected chi connectivity index (χ3v) is 4.08. The van der Waals surface area contributed by atoms with E-state index >= 15 is 0 Å². The summed E-state index contributed by atoms with van der Waals surface area (Å²) < 4.78 is 5.13. The van der Waals surface area contributed by atoms with Crippen LogP contribution in [0.25, 0.3) is 6.08 Å². The summed E-state index contributed by atoms with van der Waals surface area (Å²) in [5.74, 6) is -0.607. The van der Waals surface area contributed by atoms with Crippen LogP contribution in [0.2, 0.25) is 0 Å². The lowest BCUT2D eigenvalue weighted by Gasteiger charge is -2.19. The second-order valence-corrected chi connectivity index (χ2v) is 7.95. The van der Waals surface area contributed by atoms with Crippen LogP contribution in [0.4, 0.5) is 16.2 Å². The van der Waals surface area contributed by atoms with E-state index in [1.54, 1.807) is 51.1 Å². The fourth-order valence-corrected chi connectivity index (χ4v) is 2.62. The van der Waals surface area contributed by atoms with Gasteiger partial charge in [-0.1, -0.05) is 36.4 Å². The number of para-hydroxylation sites is 2. The van der Waals surface area contributed by atoms with E-state index in [1.807, 2.05) is 31.2 Å². The lowest BCUT2D eigenvalue weighted by atomic mass is 10.1. The van der Waals surface area contributed by atoms with Crippen LogP contribution in [0.3, 0.4) is 0 Å². The Hall–Kier alpha value is -3.61. The zero-order chi connectivity index (χ0) is 22.9. The van der Waals surface area contributed by atoms with Crippen molar-refractivity contribution in [1.29, 1.82) is 0 Å². The molecule has 0 spiro atoms. The quantitative estimate of drug-likeness (QED) is 0.571. The molecule has 31 heavy (non-hydrogen) atoms. The molecule has 164 valence electrons. The highest BCUT2D eigenvalue weighted by molar-refractivity contribution is 6.05. The molecule has 7 heteroatoms. The van der Waals surface area contributed by atoms with Crippen LogP contribution < -0.4 is 16.0 Å². The lowest BCUT2D eigenvalue weighted by Crippen LogP contribution is -2.34. The highest BCUT2D eigenvalue weighted by atomic mass is 16.6. The first-order chi connectivity index (χ1) is 14.6. The molecule has 2 rings (SSSR count). The number of carbonyl (C=O) groups is 3. The first-order valence-corrected chi connectivity index (χ1v) is 10.0. The molecule has 0 saturated carbocycles. The molecule has 0 aromatic heterocycles. The second-order valence-electron chi connectivity index (χ2n) is 7.95. The zero-order valence-corrected chi connectivity index (χ0v) is 18.3. The summed E-state index contributed by atoms with van der Waals surface area (Å²) in [5, 5.41) is 8.07. The van der Waals surface area contributed by atoms with Crippen molar-refractivity contribution in [3.05, 3.63) is 65.7 Å². The SMILES string of the molecule is Cc1ccccc1/C=C/C(=O)Nc1ccccc1NC(=O)CCNC(=O)OC(C)(C)C. The lowest BCUT2D eigenvalue weighted by molar-refractivity contribution is -0.116. The first kappa shape index (κ1) is 23.7. The van der Waals surface area contributed by atoms with Crippen LogP contribution in [0.15, 0.2) is 54.6 Å². The molecule has 0 unspecified atom stereocenters. The van der Waals surface area contributed by atoms with Crippen molar-refractivity contribution in [2.75, 3.05) is 17.2 Å². The molecule has 0 aliphatic rings. The van der Waals surface area contributed by atoms with Gasteiger partial charge >= 0.3 is 6.09 Å². The number of hydrogen-bond acceptors (Lipinski definition) is 4. The van der Waals surface area contributed by atoms with Crippen molar-refractivity contribution < 1.29 is 19.1 Å². The van der Waals surface area contributed by atoms with Gasteiger partial charge in [0.2, 0.25) is 11.8 Å². The summed E-state index contributed by atoms with van der Waals surface area (Å²) in [5.41, 5.74) is 2.38. The Kier molecular flexibility index (Phi) is 8.37. The fourth-order valence-electron chi connectivity index (χ4n) is 2.62. The summed E-state index contributed by atoms with van der Waals surface area (Å²) in [6, 6.07) is 14.7. The molecule has 0 aliphatic heterocycles. The molecule has 0 bridgehead atoms. The van der Waals surface area contributed by atoms with Crippen LogP contribution >= 0.6 is 0 Å². The molecule has 3 amide bonds. The predicted molar refractivity (Wildman–Crippen MR) is 123 cm³/mol. The van der Waals surface area contributed by atoms with E-state index in [9.17, 15) is 14.4 Å². The van der Waals surface area contributed by atoms with E-state index in [2.05, 4.69) is 16.0 Å². The van der Waals surface area contributed by atoms with E-state index in [1.165, 1.54) is 6.08 Å². The molecule has 0 aliphatic carbocycles. The van der Waals surface area contributed by atoms with E-state index in [0.29, 0.717) is 11.4 Å². The summed E-state index contributed by atoms with van der Waals surface area (Å²) in [4.78, 5) is 36.2. The molecular formula is C24H29N3O4. The molecule has 2 aromatic carbocycles. The largest absolute Gasteiger partial charge is 0.444 e. The maximum atomic E-state index is 12.3. The van der Waals surface area contributed by atoms with E-state index < -0.39 is 11.7 Å². The highest BCUT2D eigenvalue weighted by Crippen LogP contribution is 2.21. The molecule has 2 aromatic rings. The molecule has 0 saturated heterocycles. The van der Waals surface area contributed by atoms with Gasteiger partial charge in [-0.2, -0.15) is 0 Å². The van der Waals surface area contributed by atoms with Gasteiger partial charge in [0.05, 0.1) is 11.4 Å². The normalized spacial score (nSPS) is 11.1. The number of ether oxygens (including phenoxy) is 1. The standard InChI is InChI=1S/C24H29N3O4/c1-17-9-5-6-10-18(17)13-14-21(28)26-19-11-7-8-12-20(19)27-22(29)15-16-25-23(30)31-24(2,3)4/h5-14H,15-16H2,1-4H3,(H,25,30)(H,26,28)(H,27,29)/b14-13+. The van der Waals surface area contributed by atoms with Crippen molar-refractivity contribution in [2.24, 2.45) is 0 Å². The van der Waals surface area contributed by atoms with Crippen molar-refractivity contribution in [3.8, 4) is 0 Å². The maximum absolute atomic E-state index is 12.3. The maximum Gasteiger partial charge on any atom is 0.407 e. The predicted octanol–water partition coefficient (Wildman–Crippen LogP) is 4.50. The average Bonchev–Trinajstić information content (AvgIpc) is 2.67. The fraction of sp³-hybridized carbons (Fsp3) is 0.292. The number of aryl methyl sites for hydroxylation is 1. The smallest absolute Gasteiger partial charge is 0.407 e. The van der Waals surface area contributed by atoms with Gasteiger partial charge in [-0.05, 0) is 57.0 Å². The number of alkyl carbamates (subject to hydrolysis) is 1. The third-order valence-electron chi connectivity index (χ3n) is 4.08. The molecular weight excluding hydrogens is 394 g/mol. The Labute approximate surface area is 182 Å². The van der Waals surface area contributed by atoms with Crippen molar-refractivity contribution in [2.45, 2.75) is 39.7 Å². The summed E-state index contributed by atoms with van der Waals surface area (Å²) in [6.07, 6.45) is 2.68. The number of amides is 3. The Morgan fingerprint density at radius 3 is 2.19 bits per heavy atom. The van der Waals surface area contributed by atoms with Crippen molar-refractivity contribution in [1.82, 2.24) is 5.32 Å². The number of nitrogens with one attached hydrogen (secondary N) is 3. The van der Waals surface area contributed by atoms with E-state index in [-0.39, 0.29) is 24.8 Å². The van der Waals surface area contributed by atoms with Crippen LogP contribution in [0.5, 0.6) is 0 Å². The Morgan fingerprint density at radius 1 is 0.935 bits per heavy atom. The van der Waals surface area contributed by atoms with Crippen LogP contribution in [0.1, 0.15) is 38.3 Å². The van der Waals surface area contributed by atoms with Gasteiger partial charge in [-0.25, -0.2) is 4.79 Å². The molecule has 3 N–H and O–H groups in total. The van der Waals surface area contributed by atoms with Crippen molar-refractivity contribution >= 4 is 35.4 Å². The van der Waals surface area contributed by atoms with Crippen LogP contribution in [-0.4, -0.2) is 30.1 Å². The molecule has 0 heterocycles. The first-order valence-electron chi connectivity index (χ1n) is 10.0. The Bertz CT molecular complexity index is 961. The van der Waals surface area contributed by atoms with Crippen LogP contribution in [0, 0.1) is 6.92 Å². The summed E-state index contributed by atoms with van der Waals surface area (Å²) in [6.45, 7) is 7.40. The Balaban J connectivity index is 1.90. The van der Waals surface area contributed by atoms with E-state index in [0.717, 1.165) is 11.1 Å². The van der Waals surface area contributed by atoms with Gasteiger partial charge in [0.25, 0.3) is 0 Å². The average molecular weight is 424 g/mol. The molecule has 7 nitrogen and oxygen atoms in total. The monoisotopic (exact) mass is 423 g/mol. The minimum absolute atomic E-state index is 0.0642.